The van der Waals surface area contributed by atoms with Gasteiger partial charge < -0.3 is 26.0 Å². The van der Waals surface area contributed by atoms with Crippen molar-refractivity contribution in [3.63, 3.8) is 0 Å². The average Bonchev–Trinajstić information content (AvgIpc) is 3.45. The van der Waals surface area contributed by atoms with Crippen LogP contribution in [0.25, 0.3) is 10.9 Å². The monoisotopic (exact) mass is 406 g/mol. The second-order valence-corrected chi connectivity index (χ2v) is 8.00. The lowest BCUT2D eigenvalue weighted by Crippen LogP contribution is -2.27. The number of anilines is 2. The Balaban J connectivity index is 2.00. The van der Waals surface area contributed by atoms with E-state index in [0.717, 1.165) is 25.5 Å². The number of nitrogen functional groups attached to an aromatic ring is 1. The predicted molar refractivity (Wildman–Crippen MR) is 106 cm³/mol. The molecular weight excluding hydrogens is 382 g/mol. The van der Waals surface area contributed by atoms with E-state index in [-0.39, 0.29) is 29.1 Å². The minimum absolute atomic E-state index is 0.107. The molecule has 29 heavy (non-hydrogen) atoms. The molecule has 2 fully saturated rings. The lowest BCUT2D eigenvalue weighted by atomic mass is 9.94. The van der Waals surface area contributed by atoms with Crippen molar-refractivity contribution in [2.45, 2.75) is 32.2 Å². The summed E-state index contributed by atoms with van der Waals surface area (Å²) < 4.78 is 32.4. The number of carboxylic acid groups (broad SMARTS) is 1. The van der Waals surface area contributed by atoms with Crippen LogP contribution in [0.4, 0.5) is 20.2 Å². The van der Waals surface area contributed by atoms with Crippen LogP contribution in [0.2, 0.25) is 0 Å². The van der Waals surface area contributed by atoms with E-state index in [0.29, 0.717) is 19.6 Å². The number of nitrogens with two attached hydrogens (primary N) is 2. The zero-order chi connectivity index (χ0) is 21.0. The number of carboxylic acids is 1. The van der Waals surface area contributed by atoms with E-state index < -0.39 is 39.7 Å². The van der Waals surface area contributed by atoms with Crippen LogP contribution in [-0.2, 0) is 0 Å². The molecule has 156 valence electrons. The van der Waals surface area contributed by atoms with E-state index in [9.17, 15) is 14.7 Å². The molecule has 7 nitrogen and oxygen atoms in total. The van der Waals surface area contributed by atoms with Gasteiger partial charge in [-0.25, -0.2) is 13.6 Å². The molecular formula is C20H24F2N4O3. The molecule has 5 N–H and O–H groups in total. The number of pyridine rings is 1. The molecule has 2 heterocycles. The number of nitrogens with zero attached hydrogens (tertiary/aromatic N) is 2. The largest absolute Gasteiger partial charge is 0.477 e. The van der Waals surface area contributed by atoms with E-state index in [1.54, 1.807) is 4.90 Å². The van der Waals surface area contributed by atoms with Gasteiger partial charge in [-0.2, -0.15) is 0 Å². The summed E-state index contributed by atoms with van der Waals surface area (Å²) in [5, 5.41) is 8.95. The van der Waals surface area contributed by atoms with Gasteiger partial charge in [0.25, 0.3) is 0 Å². The van der Waals surface area contributed by atoms with Gasteiger partial charge in [-0.3, -0.25) is 4.79 Å². The van der Waals surface area contributed by atoms with Gasteiger partial charge in [0.15, 0.2) is 11.6 Å². The fourth-order valence-electron chi connectivity index (χ4n) is 4.47. The van der Waals surface area contributed by atoms with Crippen LogP contribution in [0, 0.1) is 23.5 Å². The smallest absolute Gasteiger partial charge is 0.341 e. The van der Waals surface area contributed by atoms with Crippen molar-refractivity contribution >= 4 is 28.2 Å². The van der Waals surface area contributed by atoms with Crippen LogP contribution in [0.5, 0.6) is 0 Å². The number of benzene rings is 1. The molecule has 0 amide bonds. The Morgan fingerprint density at radius 2 is 1.90 bits per heavy atom. The summed E-state index contributed by atoms with van der Waals surface area (Å²) in [4.78, 5) is 25.8. The van der Waals surface area contributed by atoms with Crippen molar-refractivity contribution in [1.29, 1.82) is 0 Å². The number of fused-ring (bicyclic) bond motifs is 1. The van der Waals surface area contributed by atoms with E-state index in [4.69, 9.17) is 11.5 Å². The highest BCUT2D eigenvalue weighted by molar-refractivity contribution is 5.99. The second kappa shape index (κ2) is 6.98. The number of aromatic carboxylic acids is 1. The summed E-state index contributed by atoms with van der Waals surface area (Å²) in [5.41, 5.74) is 9.37. The summed E-state index contributed by atoms with van der Waals surface area (Å²) in [6.45, 7) is 3.26. The first kappa shape index (κ1) is 19.6. The Kier molecular flexibility index (Phi) is 4.72. The second-order valence-electron chi connectivity index (χ2n) is 8.00. The van der Waals surface area contributed by atoms with Gasteiger partial charge in [0.2, 0.25) is 5.43 Å². The predicted octanol–water partition coefficient (Wildman–Crippen LogP) is 2.32. The topological polar surface area (TPSA) is 115 Å². The van der Waals surface area contributed by atoms with Gasteiger partial charge >= 0.3 is 5.97 Å². The minimum Gasteiger partial charge on any atom is -0.477 e. The standard InChI is InChI=1S/C20H24F2N4O3/c1-2-9-6-25(7-10(9)5-23)18-14(21)16(24)13-17(15(18)22)26(11-3-4-11)8-12(19(13)27)20(28)29/h8-11H,2-7,23-24H2,1H3,(H,28,29)/t9-,10+/m0/s1. The minimum atomic E-state index is -1.45. The molecule has 1 saturated heterocycles. The highest BCUT2D eigenvalue weighted by atomic mass is 19.1. The van der Waals surface area contributed by atoms with Crippen molar-refractivity contribution < 1.29 is 18.7 Å². The maximum Gasteiger partial charge on any atom is 0.341 e. The molecule has 0 unspecified atom stereocenters. The quantitative estimate of drug-likeness (QED) is 0.657. The molecule has 1 aliphatic heterocycles. The van der Waals surface area contributed by atoms with E-state index in [1.807, 2.05) is 6.92 Å². The fraction of sp³-hybridized carbons (Fsp3) is 0.500. The van der Waals surface area contributed by atoms with Crippen molar-refractivity contribution in [2.75, 3.05) is 30.3 Å². The third-order valence-corrected chi connectivity index (χ3v) is 6.25. The lowest BCUT2D eigenvalue weighted by Gasteiger charge is -2.24. The number of hydrogen-bond acceptors (Lipinski definition) is 5. The number of aromatic nitrogens is 1. The molecule has 0 radical (unpaired) electrons. The number of halogens is 2. The maximum atomic E-state index is 15.7. The third-order valence-electron chi connectivity index (χ3n) is 6.25. The lowest BCUT2D eigenvalue weighted by molar-refractivity contribution is 0.0695. The number of hydrogen-bond donors (Lipinski definition) is 3. The van der Waals surface area contributed by atoms with Crippen LogP contribution in [0.1, 0.15) is 42.6 Å². The van der Waals surface area contributed by atoms with Crippen molar-refractivity contribution in [3.8, 4) is 0 Å². The highest BCUT2D eigenvalue weighted by Gasteiger charge is 2.37. The van der Waals surface area contributed by atoms with E-state index >= 15 is 8.78 Å². The summed E-state index contributed by atoms with van der Waals surface area (Å²) >= 11 is 0. The Morgan fingerprint density at radius 1 is 1.24 bits per heavy atom. The van der Waals surface area contributed by atoms with Crippen LogP contribution >= 0.6 is 0 Å². The molecule has 1 saturated carbocycles. The van der Waals surface area contributed by atoms with E-state index in [1.165, 1.54) is 4.57 Å². The Labute approximate surface area is 165 Å². The highest BCUT2D eigenvalue weighted by Crippen LogP contribution is 2.43. The van der Waals surface area contributed by atoms with E-state index in [2.05, 4.69) is 0 Å². The van der Waals surface area contributed by atoms with Crippen molar-refractivity contribution in [3.05, 3.63) is 33.6 Å². The fourth-order valence-corrected chi connectivity index (χ4v) is 4.47. The third kappa shape index (κ3) is 2.95. The summed E-state index contributed by atoms with van der Waals surface area (Å²) in [6, 6.07) is -0.137. The Hall–Kier alpha value is -2.68. The van der Waals surface area contributed by atoms with Gasteiger partial charge in [-0.15, -0.1) is 0 Å². The Bertz CT molecular complexity index is 1050. The van der Waals surface area contributed by atoms with Gasteiger partial charge in [-0.1, -0.05) is 13.3 Å². The van der Waals surface area contributed by atoms with Crippen LogP contribution < -0.4 is 21.8 Å². The molecule has 0 bridgehead atoms. The van der Waals surface area contributed by atoms with Gasteiger partial charge in [0.1, 0.15) is 11.3 Å². The molecule has 2 aromatic rings. The van der Waals surface area contributed by atoms with Crippen molar-refractivity contribution in [2.24, 2.45) is 17.6 Å². The molecule has 4 rings (SSSR count). The Morgan fingerprint density at radius 3 is 2.41 bits per heavy atom. The molecule has 1 aromatic heterocycles. The normalized spacial score (nSPS) is 21.9. The first-order valence-electron chi connectivity index (χ1n) is 9.83. The first-order valence-corrected chi connectivity index (χ1v) is 9.83. The van der Waals surface area contributed by atoms with Crippen LogP contribution in [-0.4, -0.2) is 35.3 Å². The molecule has 2 atom stereocenters. The zero-order valence-corrected chi connectivity index (χ0v) is 16.1. The zero-order valence-electron chi connectivity index (χ0n) is 16.1. The van der Waals surface area contributed by atoms with Crippen LogP contribution in [0.3, 0.4) is 0 Å². The maximum absolute atomic E-state index is 15.7. The number of rotatable bonds is 5. The summed E-state index contributed by atoms with van der Waals surface area (Å²) in [6.07, 6.45) is 3.43. The molecule has 1 aliphatic carbocycles. The molecule has 2 aliphatic rings. The average molecular weight is 406 g/mol. The number of carbonyl (C=O) groups is 1. The van der Waals surface area contributed by atoms with Gasteiger partial charge in [0, 0.05) is 25.3 Å². The molecule has 9 heteroatoms. The molecule has 0 spiro atoms. The van der Waals surface area contributed by atoms with Gasteiger partial charge in [-0.05, 0) is 31.2 Å². The van der Waals surface area contributed by atoms with Crippen LogP contribution in [0.15, 0.2) is 11.0 Å². The summed E-state index contributed by atoms with van der Waals surface area (Å²) in [5.74, 6) is -3.04. The molecule has 1 aromatic carbocycles. The van der Waals surface area contributed by atoms with Gasteiger partial charge in [0.05, 0.1) is 16.6 Å². The first-order chi connectivity index (χ1) is 13.8. The van der Waals surface area contributed by atoms with Crippen molar-refractivity contribution in [1.82, 2.24) is 4.57 Å². The SMILES string of the molecule is CC[C@H]1CN(c2c(F)c(N)c3c(=O)c(C(=O)O)cn(C4CC4)c3c2F)C[C@H]1CN. The summed E-state index contributed by atoms with van der Waals surface area (Å²) in [7, 11) is 0.